The van der Waals surface area contributed by atoms with Gasteiger partial charge in [-0.2, -0.15) is 5.26 Å². The molecule has 0 atom stereocenters. The number of nitriles is 1. The summed E-state index contributed by atoms with van der Waals surface area (Å²) in [4.78, 5) is 12.4. The fourth-order valence-electron chi connectivity index (χ4n) is 2.69. The van der Waals surface area contributed by atoms with Gasteiger partial charge in [0.1, 0.15) is 11.3 Å². The van der Waals surface area contributed by atoms with Crippen molar-refractivity contribution in [2.75, 3.05) is 0 Å². The highest BCUT2D eigenvalue weighted by molar-refractivity contribution is 5.95. The van der Waals surface area contributed by atoms with E-state index in [4.69, 9.17) is 4.74 Å². The van der Waals surface area contributed by atoms with E-state index in [0.29, 0.717) is 11.3 Å². The average Bonchev–Trinajstić information content (AvgIpc) is 2.48. The molecule has 1 amide bonds. The van der Waals surface area contributed by atoms with Crippen LogP contribution in [0.25, 0.3) is 0 Å². The molecule has 0 aliphatic heterocycles. The predicted octanol–water partition coefficient (Wildman–Crippen LogP) is 3.43. The summed E-state index contributed by atoms with van der Waals surface area (Å²) in [5, 5.41) is 12.3. The Bertz CT molecular complexity index is 540. The van der Waals surface area contributed by atoms with E-state index in [2.05, 4.69) is 11.4 Å². The maximum atomic E-state index is 12.4. The minimum Gasteiger partial charge on any atom is -0.491 e. The minimum absolute atomic E-state index is 0.0621. The summed E-state index contributed by atoms with van der Waals surface area (Å²) in [7, 11) is 0. The Balaban J connectivity index is 2.11. The Morgan fingerprint density at radius 3 is 2.67 bits per heavy atom. The van der Waals surface area contributed by atoms with Crippen LogP contribution in [0.4, 0.5) is 0 Å². The molecule has 1 N–H and O–H groups in total. The van der Waals surface area contributed by atoms with Crippen LogP contribution in [-0.2, 0) is 0 Å². The van der Waals surface area contributed by atoms with Crippen molar-refractivity contribution in [1.82, 2.24) is 5.32 Å². The van der Waals surface area contributed by atoms with Crippen LogP contribution >= 0.6 is 0 Å². The zero-order valence-corrected chi connectivity index (χ0v) is 12.7. The van der Waals surface area contributed by atoms with Crippen molar-refractivity contribution in [2.45, 2.75) is 57.6 Å². The molecule has 112 valence electrons. The molecule has 1 aromatic rings. The molecule has 0 bridgehead atoms. The zero-order valence-electron chi connectivity index (χ0n) is 12.7. The molecule has 0 aromatic heterocycles. The summed E-state index contributed by atoms with van der Waals surface area (Å²) in [6, 6.07) is 9.40. The average molecular weight is 286 g/mol. The SMILES string of the molecule is CC(C)Oc1cccc(C(=O)NC2(C#N)CCCCC2)c1. The molecule has 4 heteroatoms. The van der Waals surface area contributed by atoms with Gasteiger partial charge in [-0.15, -0.1) is 0 Å². The Labute approximate surface area is 126 Å². The summed E-state index contributed by atoms with van der Waals surface area (Å²) in [6.07, 6.45) is 4.65. The first-order valence-corrected chi connectivity index (χ1v) is 7.55. The van der Waals surface area contributed by atoms with Crippen LogP contribution in [0, 0.1) is 11.3 Å². The van der Waals surface area contributed by atoms with Crippen LogP contribution in [0.2, 0.25) is 0 Å². The molecule has 1 aliphatic rings. The minimum atomic E-state index is -0.704. The molecule has 1 saturated carbocycles. The number of amides is 1. The lowest BCUT2D eigenvalue weighted by Crippen LogP contribution is -2.48. The third-order valence-electron chi connectivity index (χ3n) is 3.74. The lowest BCUT2D eigenvalue weighted by atomic mass is 9.82. The van der Waals surface area contributed by atoms with Gasteiger partial charge < -0.3 is 10.1 Å². The highest BCUT2D eigenvalue weighted by Gasteiger charge is 2.33. The van der Waals surface area contributed by atoms with Gasteiger partial charge in [0.15, 0.2) is 0 Å². The summed E-state index contributed by atoms with van der Waals surface area (Å²) in [5.74, 6) is 0.472. The Morgan fingerprint density at radius 2 is 2.05 bits per heavy atom. The number of rotatable bonds is 4. The van der Waals surface area contributed by atoms with E-state index in [1.165, 1.54) is 0 Å². The molecule has 0 unspecified atom stereocenters. The zero-order chi connectivity index (χ0) is 15.3. The highest BCUT2D eigenvalue weighted by atomic mass is 16.5. The van der Waals surface area contributed by atoms with E-state index in [-0.39, 0.29) is 12.0 Å². The molecule has 0 radical (unpaired) electrons. The number of nitrogens with one attached hydrogen (secondary N) is 1. The summed E-state index contributed by atoms with van der Waals surface area (Å²) in [6.45, 7) is 3.89. The Hall–Kier alpha value is -2.02. The molecule has 0 saturated heterocycles. The van der Waals surface area contributed by atoms with Gasteiger partial charge in [0.05, 0.1) is 12.2 Å². The smallest absolute Gasteiger partial charge is 0.252 e. The standard InChI is InChI=1S/C17H22N2O2/c1-13(2)21-15-8-6-7-14(11-15)16(20)19-17(12-18)9-4-3-5-10-17/h6-8,11,13H,3-5,9-10H2,1-2H3,(H,19,20). The van der Waals surface area contributed by atoms with Crippen LogP contribution < -0.4 is 10.1 Å². The third kappa shape index (κ3) is 3.98. The van der Waals surface area contributed by atoms with Crippen molar-refractivity contribution in [3.05, 3.63) is 29.8 Å². The molecule has 1 fully saturated rings. The Morgan fingerprint density at radius 1 is 1.33 bits per heavy atom. The van der Waals surface area contributed by atoms with Gasteiger partial charge in [-0.1, -0.05) is 25.3 Å². The first-order chi connectivity index (χ1) is 10.0. The molecule has 1 aromatic carbocycles. The molecule has 2 rings (SSSR count). The molecule has 0 spiro atoms. The molecule has 1 aliphatic carbocycles. The summed E-state index contributed by atoms with van der Waals surface area (Å²) in [5.41, 5.74) is -0.169. The maximum Gasteiger partial charge on any atom is 0.252 e. The third-order valence-corrected chi connectivity index (χ3v) is 3.74. The van der Waals surface area contributed by atoms with Crippen molar-refractivity contribution in [2.24, 2.45) is 0 Å². The fourth-order valence-corrected chi connectivity index (χ4v) is 2.69. The molecule has 0 heterocycles. The van der Waals surface area contributed by atoms with Gasteiger partial charge in [-0.3, -0.25) is 4.79 Å². The quantitative estimate of drug-likeness (QED) is 0.922. The first kappa shape index (κ1) is 15.4. The van der Waals surface area contributed by atoms with Crippen LogP contribution in [0.15, 0.2) is 24.3 Å². The van der Waals surface area contributed by atoms with Crippen molar-refractivity contribution >= 4 is 5.91 Å². The number of carbonyl (C=O) groups excluding carboxylic acids is 1. The summed E-state index contributed by atoms with van der Waals surface area (Å²) >= 11 is 0. The Kier molecular flexibility index (Phi) is 4.85. The second-order valence-electron chi connectivity index (χ2n) is 5.90. The normalized spacial score (nSPS) is 17.0. The van der Waals surface area contributed by atoms with Gasteiger partial charge in [-0.05, 0) is 44.9 Å². The van der Waals surface area contributed by atoms with Gasteiger partial charge in [-0.25, -0.2) is 0 Å². The van der Waals surface area contributed by atoms with E-state index in [1.54, 1.807) is 18.2 Å². The number of carbonyl (C=O) groups is 1. The lowest BCUT2D eigenvalue weighted by Gasteiger charge is -2.31. The predicted molar refractivity (Wildman–Crippen MR) is 81.1 cm³/mol. The number of nitrogens with zero attached hydrogens (tertiary/aromatic N) is 1. The maximum absolute atomic E-state index is 12.4. The van der Waals surface area contributed by atoms with Gasteiger partial charge in [0, 0.05) is 5.56 Å². The van der Waals surface area contributed by atoms with E-state index in [0.717, 1.165) is 32.1 Å². The van der Waals surface area contributed by atoms with Crippen LogP contribution in [0.3, 0.4) is 0 Å². The molecular formula is C17H22N2O2. The van der Waals surface area contributed by atoms with Crippen LogP contribution in [0.5, 0.6) is 5.75 Å². The van der Waals surface area contributed by atoms with Crippen molar-refractivity contribution in [3.63, 3.8) is 0 Å². The van der Waals surface area contributed by atoms with Crippen molar-refractivity contribution in [3.8, 4) is 11.8 Å². The van der Waals surface area contributed by atoms with E-state index < -0.39 is 5.54 Å². The van der Waals surface area contributed by atoms with E-state index in [9.17, 15) is 10.1 Å². The van der Waals surface area contributed by atoms with Gasteiger partial charge in [0.2, 0.25) is 0 Å². The van der Waals surface area contributed by atoms with Crippen molar-refractivity contribution < 1.29 is 9.53 Å². The molecular weight excluding hydrogens is 264 g/mol. The second kappa shape index (κ2) is 6.62. The monoisotopic (exact) mass is 286 g/mol. The number of hydrogen-bond acceptors (Lipinski definition) is 3. The summed E-state index contributed by atoms with van der Waals surface area (Å²) < 4.78 is 5.60. The topological polar surface area (TPSA) is 62.1 Å². The number of ether oxygens (including phenoxy) is 1. The molecule has 21 heavy (non-hydrogen) atoms. The van der Waals surface area contributed by atoms with Crippen LogP contribution in [0.1, 0.15) is 56.3 Å². The lowest BCUT2D eigenvalue weighted by molar-refractivity contribution is 0.0902. The fraction of sp³-hybridized carbons (Fsp3) is 0.529. The van der Waals surface area contributed by atoms with E-state index >= 15 is 0 Å². The number of benzene rings is 1. The molecule has 4 nitrogen and oxygen atoms in total. The highest BCUT2D eigenvalue weighted by Crippen LogP contribution is 2.28. The van der Waals surface area contributed by atoms with Gasteiger partial charge >= 0.3 is 0 Å². The number of hydrogen-bond donors (Lipinski definition) is 1. The largest absolute Gasteiger partial charge is 0.491 e. The van der Waals surface area contributed by atoms with Gasteiger partial charge in [0.25, 0.3) is 5.91 Å². The van der Waals surface area contributed by atoms with E-state index in [1.807, 2.05) is 19.9 Å². The second-order valence-corrected chi connectivity index (χ2v) is 5.90. The first-order valence-electron chi connectivity index (χ1n) is 7.55. The van der Waals surface area contributed by atoms with Crippen LogP contribution in [-0.4, -0.2) is 17.6 Å². The van der Waals surface area contributed by atoms with Crippen molar-refractivity contribution in [1.29, 1.82) is 5.26 Å².